The molecule has 0 bridgehead atoms. The molecular weight excluding hydrogens is 256 g/mol. The van der Waals surface area contributed by atoms with Gasteiger partial charge in [0.25, 0.3) is 5.91 Å². The number of carbonyl (C=O) groups excluding carboxylic acids is 1. The van der Waals surface area contributed by atoms with Crippen LogP contribution >= 0.6 is 0 Å². The Hall–Kier alpha value is -2.30. The molecule has 1 aromatic carbocycles. The standard InChI is InChI=1S/C15H18N2O3/c1-15(2,3)11-4-6-12(7-5-11)19-10-14(18)16-13-8-9-20-17-13/h4-9H,10H2,1-3H3,(H,16,17,18). The van der Waals surface area contributed by atoms with Crippen molar-refractivity contribution in [2.75, 3.05) is 11.9 Å². The Morgan fingerprint density at radius 1 is 1.25 bits per heavy atom. The van der Waals surface area contributed by atoms with Crippen LogP contribution in [0, 0.1) is 0 Å². The summed E-state index contributed by atoms with van der Waals surface area (Å²) in [5.41, 5.74) is 1.32. The maximum atomic E-state index is 11.6. The average Bonchev–Trinajstić information content (AvgIpc) is 2.88. The Bertz CT molecular complexity index is 554. The van der Waals surface area contributed by atoms with Gasteiger partial charge in [-0.3, -0.25) is 4.79 Å². The minimum Gasteiger partial charge on any atom is -0.484 e. The fourth-order valence-corrected chi connectivity index (χ4v) is 1.66. The van der Waals surface area contributed by atoms with Crippen LogP contribution in [0.3, 0.4) is 0 Å². The molecule has 1 amide bonds. The average molecular weight is 274 g/mol. The second-order valence-electron chi connectivity index (χ2n) is 5.50. The van der Waals surface area contributed by atoms with E-state index in [4.69, 9.17) is 4.74 Å². The molecular formula is C15H18N2O3. The quantitative estimate of drug-likeness (QED) is 0.930. The number of amides is 1. The van der Waals surface area contributed by atoms with Crippen molar-refractivity contribution >= 4 is 11.7 Å². The van der Waals surface area contributed by atoms with Crippen molar-refractivity contribution in [3.05, 3.63) is 42.2 Å². The van der Waals surface area contributed by atoms with E-state index in [-0.39, 0.29) is 17.9 Å². The van der Waals surface area contributed by atoms with Crippen LogP contribution in [0.5, 0.6) is 5.75 Å². The number of hydrogen-bond donors (Lipinski definition) is 1. The lowest BCUT2D eigenvalue weighted by molar-refractivity contribution is -0.118. The summed E-state index contributed by atoms with van der Waals surface area (Å²) < 4.78 is 10.0. The van der Waals surface area contributed by atoms with Gasteiger partial charge in [0.2, 0.25) is 0 Å². The van der Waals surface area contributed by atoms with Crippen LogP contribution in [0.15, 0.2) is 41.1 Å². The number of nitrogens with zero attached hydrogens (tertiary/aromatic N) is 1. The van der Waals surface area contributed by atoms with Gasteiger partial charge in [0.1, 0.15) is 12.0 Å². The second-order valence-corrected chi connectivity index (χ2v) is 5.50. The zero-order valence-electron chi connectivity index (χ0n) is 11.8. The van der Waals surface area contributed by atoms with Crippen LogP contribution in [0.1, 0.15) is 26.3 Å². The molecule has 5 nitrogen and oxygen atoms in total. The Labute approximate surface area is 117 Å². The molecule has 2 aromatic rings. The van der Waals surface area contributed by atoms with Crippen LogP contribution in [0.4, 0.5) is 5.82 Å². The molecule has 0 fully saturated rings. The molecule has 0 saturated carbocycles. The van der Waals surface area contributed by atoms with E-state index in [9.17, 15) is 4.79 Å². The number of ether oxygens (including phenoxy) is 1. The van der Waals surface area contributed by atoms with Gasteiger partial charge in [0.15, 0.2) is 12.4 Å². The first-order valence-electron chi connectivity index (χ1n) is 6.39. The van der Waals surface area contributed by atoms with Gasteiger partial charge >= 0.3 is 0 Å². The first-order valence-corrected chi connectivity index (χ1v) is 6.39. The number of anilines is 1. The Morgan fingerprint density at radius 3 is 2.50 bits per heavy atom. The van der Waals surface area contributed by atoms with Crippen LogP contribution in [-0.2, 0) is 10.2 Å². The number of aromatic nitrogens is 1. The van der Waals surface area contributed by atoms with E-state index in [1.165, 1.54) is 11.8 Å². The number of rotatable bonds is 4. The first-order chi connectivity index (χ1) is 9.45. The SMILES string of the molecule is CC(C)(C)c1ccc(OCC(=O)Nc2ccon2)cc1. The molecule has 1 aromatic heterocycles. The number of benzene rings is 1. The summed E-state index contributed by atoms with van der Waals surface area (Å²) in [5.74, 6) is 0.758. The van der Waals surface area contributed by atoms with E-state index in [1.54, 1.807) is 6.07 Å². The van der Waals surface area contributed by atoms with Gasteiger partial charge in [-0.05, 0) is 23.1 Å². The van der Waals surface area contributed by atoms with Crippen molar-refractivity contribution in [3.8, 4) is 5.75 Å². The van der Waals surface area contributed by atoms with E-state index >= 15 is 0 Å². The van der Waals surface area contributed by atoms with Crippen LogP contribution < -0.4 is 10.1 Å². The molecule has 0 radical (unpaired) electrons. The first kappa shape index (κ1) is 14.1. The van der Waals surface area contributed by atoms with Gasteiger partial charge in [0, 0.05) is 6.07 Å². The molecule has 5 heteroatoms. The van der Waals surface area contributed by atoms with E-state index in [2.05, 4.69) is 35.8 Å². The zero-order chi connectivity index (χ0) is 14.6. The zero-order valence-corrected chi connectivity index (χ0v) is 11.8. The minimum atomic E-state index is -0.279. The molecule has 0 unspecified atom stereocenters. The highest BCUT2D eigenvalue weighted by molar-refractivity contribution is 5.90. The molecule has 0 aliphatic heterocycles. The third-order valence-electron chi connectivity index (χ3n) is 2.80. The Balaban J connectivity index is 1.86. The molecule has 2 rings (SSSR count). The number of nitrogens with one attached hydrogen (secondary N) is 1. The minimum absolute atomic E-state index is 0.0677. The van der Waals surface area contributed by atoms with Crippen molar-refractivity contribution in [1.82, 2.24) is 5.16 Å². The number of hydrogen-bond acceptors (Lipinski definition) is 4. The van der Waals surface area contributed by atoms with Gasteiger partial charge < -0.3 is 14.6 Å². The lowest BCUT2D eigenvalue weighted by Crippen LogP contribution is -2.20. The summed E-state index contributed by atoms with van der Waals surface area (Å²) >= 11 is 0. The summed E-state index contributed by atoms with van der Waals surface area (Å²) in [7, 11) is 0. The highest BCUT2D eigenvalue weighted by atomic mass is 16.5. The van der Waals surface area contributed by atoms with E-state index < -0.39 is 0 Å². The monoisotopic (exact) mass is 274 g/mol. The smallest absolute Gasteiger partial charge is 0.263 e. The summed E-state index contributed by atoms with van der Waals surface area (Å²) in [5, 5.41) is 6.15. The molecule has 20 heavy (non-hydrogen) atoms. The van der Waals surface area contributed by atoms with E-state index in [1.807, 2.05) is 24.3 Å². The fourth-order valence-electron chi connectivity index (χ4n) is 1.66. The summed E-state index contributed by atoms with van der Waals surface area (Å²) in [6.07, 6.45) is 1.39. The molecule has 106 valence electrons. The van der Waals surface area contributed by atoms with Crippen LogP contribution in [-0.4, -0.2) is 17.7 Å². The topological polar surface area (TPSA) is 64.4 Å². The van der Waals surface area contributed by atoms with Gasteiger partial charge in [-0.15, -0.1) is 0 Å². The van der Waals surface area contributed by atoms with Crippen molar-refractivity contribution in [3.63, 3.8) is 0 Å². The molecule has 0 spiro atoms. The molecule has 0 aliphatic carbocycles. The van der Waals surface area contributed by atoms with Crippen molar-refractivity contribution in [1.29, 1.82) is 0 Å². The third-order valence-corrected chi connectivity index (χ3v) is 2.80. The molecule has 0 saturated heterocycles. The maximum Gasteiger partial charge on any atom is 0.263 e. The molecule has 1 N–H and O–H groups in total. The second kappa shape index (κ2) is 5.77. The van der Waals surface area contributed by atoms with Crippen molar-refractivity contribution in [2.24, 2.45) is 0 Å². The highest BCUT2D eigenvalue weighted by Crippen LogP contribution is 2.24. The fraction of sp³-hybridized carbons (Fsp3) is 0.333. The lowest BCUT2D eigenvalue weighted by atomic mass is 9.87. The summed E-state index contributed by atoms with van der Waals surface area (Å²) in [6.45, 7) is 6.37. The summed E-state index contributed by atoms with van der Waals surface area (Å²) in [6, 6.07) is 9.31. The molecule has 0 atom stereocenters. The van der Waals surface area contributed by atoms with Crippen LogP contribution in [0.2, 0.25) is 0 Å². The van der Waals surface area contributed by atoms with Crippen LogP contribution in [0.25, 0.3) is 0 Å². The predicted octanol–water partition coefficient (Wildman–Crippen LogP) is 2.99. The van der Waals surface area contributed by atoms with Crippen molar-refractivity contribution < 1.29 is 14.1 Å². The highest BCUT2D eigenvalue weighted by Gasteiger charge is 2.13. The van der Waals surface area contributed by atoms with Gasteiger partial charge in [-0.25, -0.2) is 0 Å². The lowest BCUT2D eigenvalue weighted by Gasteiger charge is -2.19. The predicted molar refractivity (Wildman–Crippen MR) is 75.8 cm³/mol. The largest absolute Gasteiger partial charge is 0.484 e. The Morgan fingerprint density at radius 2 is 1.95 bits per heavy atom. The number of carbonyl (C=O) groups is 1. The van der Waals surface area contributed by atoms with Crippen molar-refractivity contribution in [2.45, 2.75) is 26.2 Å². The van der Waals surface area contributed by atoms with Gasteiger partial charge in [-0.2, -0.15) is 0 Å². The maximum absolute atomic E-state index is 11.6. The van der Waals surface area contributed by atoms with E-state index in [0.717, 1.165) is 0 Å². The molecule has 1 heterocycles. The van der Waals surface area contributed by atoms with E-state index in [0.29, 0.717) is 11.6 Å². The third kappa shape index (κ3) is 3.85. The molecule has 0 aliphatic rings. The normalized spacial score (nSPS) is 11.2. The summed E-state index contributed by atoms with van der Waals surface area (Å²) in [4.78, 5) is 11.6. The van der Waals surface area contributed by atoms with Gasteiger partial charge in [0.05, 0.1) is 0 Å². The Kier molecular flexibility index (Phi) is 4.08. The van der Waals surface area contributed by atoms with Gasteiger partial charge in [-0.1, -0.05) is 38.1 Å².